The van der Waals surface area contributed by atoms with Crippen LogP contribution in [0.25, 0.3) is 0 Å². The fourth-order valence-electron chi connectivity index (χ4n) is 2.93. The van der Waals surface area contributed by atoms with Gasteiger partial charge in [0.2, 0.25) is 0 Å². The molecule has 0 saturated carbocycles. The number of nitro groups is 1. The molecule has 0 bridgehead atoms. The van der Waals surface area contributed by atoms with Crippen LogP contribution in [0.3, 0.4) is 0 Å². The Labute approximate surface area is 190 Å². The van der Waals surface area contributed by atoms with Crippen molar-refractivity contribution < 1.29 is 27.7 Å². The number of carbonyl (C=O) groups is 2. The number of nitro benzene ring substituents is 1. The van der Waals surface area contributed by atoms with Crippen LogP contribution in [0.5, 0.6) is 0 Å². The Balaban J connectivity index is 1.77. The summed E-state index contributed by atoms with van der Waals surface area (Å²) in [6.45, 7) is 3.25. The summed E-state index contributed by atoms with van der Waals surface area (Å²) in [6.07, 6.45) is 0. The van der Waals surface area contributed by atoms with E-state index in [0.29, 0.717) is 5.56 Å². The predicted molar refractivity (Wildman–Crippen MR) is 121 cm³/mol. The molecule has 9 nitrogen and oxygen atoms in total. The maximum atomic E-state index is 12.7. The van der Waals surface area contributed by atoms with Crippen LogP contribution in [0.4, 0.5) is 11.4 Å². The summed E-state index contributed by atoms with van der Waals surface area (Å²) in [7, 11) is -4.24. The van der Waals surface area contributed by atoms with Gasteiger partial charge in [0.05, 0.1) is 21.1 Å². The lowest BCUT2D eigenvalue weighted by Crippen LogP contribution is -2.18. The standard InChI is InChI=1S/C23H20N2O7S/c1-15-10-11-17(12-16(15)2)22(26)14-32-23(27)20-8-3-4-9-21(20)24-33(30,31)19-7-5-6-18(13-19)25(28)29/h3-13,24H,14H2,1-2H3. The average Bonchev–Trinajstić information content (AvgIpc) is 2.79. The molecule has 170 valence electrons. The smallest absolute Gasteiger partial charge is 0.340 e. The van der Waals surface area contributed by atoms with E-state index >= 15 is 0 Å². The van der Waals surface area contributed by atoms with E-state index in [9.17, 15) is 28.1 Å². The van der Waals surface area contributed by atoms with Crippen molar-refractivity contribution in [2.24, 2.45) is 0 Å². The van der Waals surface area contributed by atoms with Crippen molar-refractivity contribution in [3.63, 3.8) is 0 Å². The molecule has 0 atom stereocenters. The second kappa shape index (κ2) is 9.61. The van der Waals surface area contributed by atoms with Crippen molar-refractivity contribution in [3.8, 4) is 0 Å². The Bertz CT molecular complexity index is 1350. The fourth-order valence-corrected chi connectivity index (χ4v) is 4.04. The maximum Gasteiger partial charge on any atom is 0.340 e. The number of nitrogens with zero attached hydrogens (tertiary/aromatic N) is 1. The van der Waals surface area contributed by atoms with Gasteiger partial charge in [-0.3, -0.25) is 19.6 Å². The lowest BCUT2D eigenvalue weighted by Gasteiger charge is -2.12. The minimum atomic E-state index is -4.24. The van der Waals surface area contributed by atoms with Crippen molar-refractivity contribution in [2.75, 3.05) is 11.3 Å². The van der Waals surface area contributed by atoms with Gasteiger partial charge in [0, 0.05) is 17.7 Å². The molecule has 33 heavy (non-hydrogen) atoms. The van der Waals surface area contributed by atoms with Gasteiger partial charge >= 0.3 is 5.97 Å². The highest BCUT2D eigenvalue weighted by molar-refractivity contribution is 7.92. The summed E-state index contributed by atoms with van der Waals surface area (Å²) < 4.78 is 32.8. The van der Waals surface area contributed by atoms with Gasteiger partial charge in [-0.1, -0.05) is 30.3 Å². The number of Topliss-reactive ketones (excluding diaryl/α,β-unsaturated/α-hetero) is 1. The minimum Gasteiger partial charge on any atom is -0.454 e. The lowest BCUT2D eigenvalue weighted by atomic mass is 10.0. The first-order valence-corrected chi connectivity index (χ1v) is 11.2. The zero-order chi connectivity index (χ0) is 24.2. The van der Waals surface area contributed by atoms with Crippen LogP contribution in [-0.4, -0.2) is 31.7 Å². The van der Waals surface area contributed by atoms with E-state index < -0.39 is 39.0 Å². The van der Waals surface area contributed by atoms with Gasteiger partial charge in [0.15, 0.2) is 12.4 Å². The van der Waals surface area contributed by atoms with Crippen LogP contribution >= 0.6 is 0 Å². The minimum absolute atomic E-state index is 0.0902. The number of sulfonamides is 1. The Kier molecular flexibility index (Phi) is 6.88. The van der Waals surface area contributed by atoms with Crippen LogP contribution in [-0.2, 0) is 14.8 Å². The molecule has 0 aliphatic rings. The molecule has 0 amide bonds. The third kappa shape index (κ3) is 5.60. The van der Waals surface area contributed by atoms with Crippen molar-refractivity contribution in [1.29, 1.82) is 0 Å². The highest BCUT2D eigenvalue weighted by Gasteiger charge is 2.22. The highest BCUT2D eigenvalue weighted by Crippen LogP contribution is 2.23. The molecule has 0 spiro atoms. The normalized spacial score (nSPS) is 11.0. The predicted octanol–water partition coefficient (Wildman–Crippen LogP) is 4.05. The zero-order valence-electron chi connectivity index (χ0n) is 17.8. The Morgan fingerprint density at radius 3 is 2.39 bits per heavy atom. The molecule has 0 fully saturated rings. The number of hydrogen-bond acceptors (Lipinski definition) is 7. The summed E-state index contributed by atoms with van der Waals surface area (Å²) in [5.41, 5.74) is 1.74. The van der Waals surface area contributed by atoms with E-state index in [1.54, 1.807) is 18.2 Å². The third-order valence-electron chi connectivity index (χ3n) is 4.89. The number of ether oxygens (including phenoxy) is 1. The number of esters is 1. The van der Waals surface area contributed by atoms with E-state index in [0.717, 1.165) is 23.3 Å². The van der Waals surface area contributed by atoms with Gasteiger partial charge in [0.1, 0.15) is 0 Å². The second-order valence-corrected chi connectivity index (χ2v) is 8.89. The lowest BCUT2D eigenvalue weighted by molar-refractivity contribution is -0.385. The Hall–Kier alpha value is -4.05. The molecule has 0 heterocycles. The van der Waals surface area contributed by atoms with Gasteiger partial charge in [-0.15, -0.1) is 0 Å². The van der Waals surface area contributed by atoms with Crippen LogP contribution in [0, 0.1) is 24.0 Å². The number of rotatable bonds is 8. The van der Waals surface area contributed by atoms with Crippen LogP contribution < -0.4 is 4.72 Å². The molecular weight excluding hydrogens is 448 g/mol. The summed E-state index contributed by atoms with van der Waals surface area (Å²) in [4.78, 5) is 34.9. The van der Waals surface area contributed by atoms with Crippen LogP contribution in [0.1, 0.15) is 31.8 Å². The van der Waals surface area contributed by atoms with Gasteiger partial charge in [-0.25, -0.2) is 13.2 Å². The first kappa shape index (κ1) is 23.6. The zero-order valence-corrected chi connectivity index (χ0v) is 18.6. The second-order valence-electron chi connectivity index (χ2n) is 7.20. The molecule has 3 aromatic carbocycles. The maximum absolute atomic E-state index is 12.7. The van der Waals surface area contributed by atoms with Gasteiger partial charge in [-0.2, -0.15) is 0 Å². The third-order valence-corrected chi connectivity index (χ3v) is 6.26. The fraction of sp³-hybridized carbons (Fsp3) is 0.130. The summed E-state index contributed by atoms with van der Waals surface area (Å²) in [5.74, 6) is -1.30. The molecule has 0 radical (unpaired) electrons. The van der Waals surface area contributed by atoms with Crippen molar-refractivity contribution in [3.05, 3.63) is 99.1 Å². The van der Waals surface area contributed by atoms with Crippen LogP contribution in [0.2, 0.25) is 0 Å². The molecule has 10 heteroatoms. The molecule has 0 aromatic heterocycles. The number of hydrogen-bond donors (Lipinski definition) is 1. The van der Waals surface area contributed by atoms with E-state index in [1.807, 2.05) is 13.8 Å². The molecule has 0 aliphatic heterocycles. The number of aryl methyl sites for hydroxylation is 2. The molecule has 1 N–H and O–H groups in total. The van der Waals surface area contributed by atoms with Crippen molar-refractivity contribution in [2.45, 2.75) is 18.7 Å². The van der Waals surface area contributed by atoms with Gasteiger partial charge < -0.3 is 4.74 Å². The SMILES string of the molecule is Cc1ccc(C(=O)COC(=O)c2ccccc2NS(=O)(=O)c2cccc([N+](=O)[O-])c2)cc1C. The Morgan fingerprint density at radius 2 is 1.70 bits per heavy atom. The summed E-state index contributed by atoms with van der Waals surface area (Å²) in [5, 5.41) is 10.9. The number of non-ortho nitro benzene ring substituents is 1. The van der Waals surface area contributed by atoms with Crippen molar-refractivity contribution in [1.82, 2.24) is 0 Å². The Morgan fingerprint density at radius 1 is 0.970 bits per heavy atom. The van der Waals surface area contributed by atoms with Crippen molar-refractivity contribution >= 4 is 33.2 Å². The van der Waals surface area contributed by atoms with E-state index in [-0.39, 0.29) is 16.1 Å². The van der Waals surface area contributed by atoms with Crippen LogP contribution in [0.15, 0.2) is 71.6 Å². The number of carbonyl (C=O) groups excluding carboxylic acids is 2. The number of ketones is 1. The number of benzene rings is 3. The first-order chi connectivity index (χ1) is 15.6. The highest BCUT2D eigenvalue weighted by atomic mass is 32.2. The first-order valence-electron chi connectivity index (χ1n) is 9.72. The molecule has 3 rings (SSSR count). The molecule has 3 aromatic rings. The van der Waals surface area contributed by atoms with Gasteiger partial charge in [-0.05, 0) is 49.2 Å². The summed E-state index contributed by atoms with van der Waals surface area (Å²) >= 11 is 0. The molecular formula is C23H20N2O7S. The molecule has 0 aliphatic carbocycles. The van der Waals surface area contributed by atoms with E-state index in [4.69, 9.17) is 4.74 Å². The number of nitrogens with one attached hydrogen (secondary N) is 1. The topological polar surface area (TPSA) is 133 Å². The average molecular weight is 468 g/mol. The monoisotopic (exact) mass is 468 g/mol. The molecule has 0 saturated heterocycles. The summed E-state index contributed by atoms with van der Waals surface area (Å²) in [6, 6.07) is 15.3. The number of anilines is 1. The van der Waals surface area contributed by atoms with E-state index in [1.165, 1.54) is 36.4 Å². The number of para-hydroxylation sites is 1. The van der Waals surface area contributed by atoms with Gasteiger partial charge in [0.25, 0.3) is 15.7 Å². The molecule has 0 unspecified atom stereocenters. The largest absolute Gasteiger partial charge is 0.454 e. The van der Waals surface area contributed by atoms with E-state index in [2.05, 4.69) is 4.72 Å². The quantitative estimate of drug-likeness (QED) is 0.228.